The van der Waals surface area contributed by atoms with Gasteiger partial charge in [0.05, 0.1) is 24.2 Å². The summed E-state index contributed by atoms with van der Waals surface area (Å²) in [4.78, 5) is 35.4. The molecule has 2 rings (SSSR count). The van der Waals surface area contributed by atoms with Gasteiger partial charge in [0.2, 0.25) is 11.5 Å². The van der Waals surface area contributed by atoms with Crippen molar-refractivity contribution in [3.8, 4) is 11.5 Å². The van der Waals surface area contributed by atoms with E-state index in [-0.39, 0.29) is 17.9 Å². The largest absolute Gasteiger partial charge is 0.499 e. The number of hydrogen-bond donors (Lipinski definition) is 1. The Hall–Kier alpha value is -3.49. The third-order valence-corrected chi connectivity index (χ3v) is 3.45. The highest BCUT2D eigenvalue weighted by atomic mass is 19.1. The van der Waals surface area contributed by atoms with E-state index in [4.69, 9.17) is 9.47 Å². The molecule has 0 heterocycles. The molecule has 2 aromatic rings. The molecule has 0 saturated heterocycles. The third-order valence-electron chi connectivity index (χ3n) is 3.45. The van der Waals surface area contributed by atoms with Crippen molar-refractivity contribution in [1.29, 1.82) is 0 Å². The first-order valence-electron chi connectivity index (χ1n) is 7.37. The quantitative estimate of drug-likeness (QED) is 0.363. The molecular formula is C17H14FNO7. The molecule has 0 unspecified atom stereocenters. The van der Waals surface area contributed by atoms with Gasteiger partial charge in [-0.1, -0.05) is 12.1 Å². The van der Waals surface area contributed by atoms with Gasteiger partial charge in [0.1, 0.15) is 11.4 Å². The van der Waals surface area contributed by atoms with Gasteiger partial charge >= 0.3 is 11.7 Å². The van der Waals surface area contributed by atoms with Crippen LogP contribution in [0.4, 0.5) is 10.1 Å². The molecule has 0 spiro atoms. The number of aromatic hydroxyl groups is 1. The molecule has 2 aromatic carbocycles. The number of hydrogen-bond acceptors (Lipinski definition) is 7. The van der Waals surface area contributed by atoms with Crippen LogP contribution in [0.5, 0.6) is 11.5 Å². The van der Waals surface area contributed by atoms with E-state index in [1.165, 1.54) is 19.1 Å². The Morgan fingerprint density at radius 2 is 2.00 bits per heavy atom. The van der Waals surface area contributed by atoms with Crippen LogP contribution in [-0.4, -0.2) is 35.5 Å². The lowest BCUT2D eigenvalue weighted by Gasteiger charge is -2.13. The fourth-order valence-corrected chi connectivity index (χ4v) is 2.34. The zero-order valence-corrected chi connectivity index (χ0v) is 13.8. The third kappa shape index (κ3) is 3.46. The van der Waals surface area contributed by atoms with E-state index in [1.54, 1.807) is 0 Å². The fraction of sp³-hybridized carbons (Fsp3) is 0.176. The van der Waals surface area contributed by atoms with Gasteiger partial charge in [-0.3, -0.25) is 14.9 Å². The van der Waals surface area contributed by atoms with Gasteiger partial charge in [0.25, 0.3) is 0 Å². The standard InChI is InChI=1S/C17H14FNO7/c1-3-26-17(22)11-8-12(25-2)16(21)14(19(23)24)13(11)15(20)9-5-4-6-10(18)7-9/h4-8,21H,3H2,1-2H3. The number of phenolic OH excluding ortho intramolecular Hbond substituents is 1. The molecule has 0 aliphatic heterocycles. The van der Waals surface area contributed by atoms with Crippen LogP contribution < -0.4 is 4.74 Å². The van der Waals surface area contributed by atoms with Crippen LogP contribution in [0.3, 0.4) is 0 Å². The number of nitro groups is 1. The molecule has 0 saturated carbocycles. The smallest absolute Gasteiger partial charge is 0.339 e. The summed E-state index contributed by atoms with van der Waals surface area (Å²) in [5, 5.41) is 21.5. The zero-order valence-electron chi connectivity index (χ0n) is 13.8. The topological polar surface area (TPSA) is 116 Å². The van der Waals surface area contributed by atoms with Crippen LogP contribution in [-0.2, 0) is 4.74 Å². The molecule has 0 amide bonds. The molecule has 0 bridgehead atoms. The maximum absolute atomic E-state index is 13.4. The lowest BCUT2D eigenvalue weighted by molar-refractivity contribution is -0.386. The number of phenols is 1. The van der Waals surface area contributed by atoms with Crippen LogP contribution >= 0.6 is 0 Å². The molecule has 0 atom stereocenters. The number of carbonyl (C=O) groups is 2. The van der Waals surface area contributed by atoms with Crippen molar-refractivity contribution < 1.29 is 33.5 Å². The number of esters is 1. The monoisotopic (exact) mass is 363 g/mol. The number of benzene rings is 2. The lowest BCUT2D eigenvalue weighted by atomic mass is 9.95. The van der Waals surface area contributed by atoms with Gasteiger partial charge in [-0.05, 0) is 25.1 Å². The average molecular weight is 363 g/mol. The van der Waals surface area contributed by atoms with E-state index in [1.807, 2.05) is 0 Å². The highest BCUT2D eigenvalue weighted by Crippen LogP contribution is 2.42. The highest BCUT2D eigenvalue weighted by molar-refractivity contribution is 6.17. The van der Waals surface area contributed by atoms with Gasteiger partial charge < -0.3 is 14.6 Å². The van der Waals surface area contributed by atoms with Gasteiger partial charge in [-0.25, -0.2) is 9.18 Å². The van der Waals surface area contributed by atoms with Crippen LogP contribution in [0.25, 0.3) is 0 Å². The van der Waals surface area contributed by atoms with Crippen molar-refractivity contribution in [2.75, 3.05) is 13.7 Å². The molecule has 136 valence electrons. The minimum Gasteiger partial charge on any atom is -0.499 e. The van der Waals surface area contributed by atoms with Crippen molar-refractivity contribution in [3.63, 3.8) is 0 Å². The number of rotatable bonds is 6. The maximum atomic E-state index is 13.4. The van der Waals surface area contributed by atoms with Gasteiger partial charge in [0, 0.05) is 5.56 Å². The van der Waals surface area contributed by atoms with Crippen molar-refractivity contribution in [2.24, 2.45) is 0 Å². The number of methoxy groups -OCH3 is 1. The molecule has 0 aliphatic carbocycles. The minimum atomic E-state index is -1.03. The molecule has 0 fully saturated rings. The molecule has 0 aromatic heterocycles. The summed E-state index contributed by atoms with van der Waals surface area (Å²) >= 11 is 0. The zero-order chi connectivity index (χ0) is 19.4. The fourth-order valence-electron chi connectivity index (χ4n) is 2.34. The molecular weight excluding hydrogens is 349 g/mol. The van der Waals surface area contributed by atoms with Crippen molar-refractivity contribution in [2.45, 2.75) is 6.92 Å². The molecule has 26 heavy (non-hydrogen) atoms. The normalized spacial score (nSPS) is 10.3. The van der Waals surface area contributed by atoms with Gasteiger partial charge in [-0.2, -0.15) is 0 Å². The summed E-state index contributed by atoms with van der Waals surface area (Å²) in [6.45, 7) is 1.46. The Morgan fingerprint density at radius 1 is 1.31 bits per heavy atom. The summed E-state index contributed by atoms with van der Waals surface area (Å²) in [5.74, 6) is -4.08. The van der Waals surface area contributed by atoms with Crippen LogP contribution in [0, 0.1) is 15.9 Å². The Balaban J connectivity index is 2.83. The van der Waals surface area contributed by atoms with Crippen molar-refractivity contribution >= 4 is 17.4 Å². The summed E-state index contributed by atoms with van der Waals surface area (Å²) in [6, 6.07) is 5.38. The van der Waals surface area contributed by atoms with E-state index in [2.05, 4.69) is 0 Å². The van der Waals surface area contributed by atoms with E-state index < -0.39 is 45.1 Å². The summed E-state index contributed by atoms with van der Waals surface area (Å²) in [5.41, 5.74) is -2.44. The van der Waals surface area contributed by atoms with Crippen LogP contribution in [0.15, 0.2) is 30.3 Å². The number of halogens is 1. The molecule has 8 nitrogen and oxygen atoms in total. The number of ketones is 1. The van der Waals surface area contributed by atoms with Gasteiger partial charge in [-0.15, -0.1) is 0 Å². The van der Waals surface area contributed by atoms with E-state index in [0.29, 0.717) is 0 Å². The predicted octanol–water partition coefficient (Wildman–Crippen LogP) is 2.86. The SMILES string of the molecule is CCOC(=O)c1cc(OC)c(O)c([N+](=O)[O-])c1C(=O)c1cccc(F)c1. The summed E-state index contributed by atoms with van der Waals surface area (Å²) < 4.78 is 23.1. The molecule has 0 aliphatic rings. The van der Waals surface area contributed by atoms with Crippen molar-refractivity contribution in [3.05, 3.63) is 63.0 Å². The Bertz CT molecular complexity index is 895. The number of ether oxygens (including phenoxy) is 2. The summed E-state index contributed by atoms with van der Waals surface area (Å²) in [7, 11) is 1.13. The van der Waals surface area contributed by atoms with E-state index in [9.17, 15) is 29.2 Å². The number of nitro benzene ring substituents is 1. The Labute approximate surface area is 146 Å². The molecule has 9 heteroatoms. The van der Waals surface area contributed by atoms with Crippen LogP contribution in [0.1, 0.15) is 33.2 Å². The first kappa shape index (κ1) is 18.8. The Morgan fingerprint density at radius 3 is 2.54 bits per heavy atom. The maximum Gasteiger partial charge on any atom is 0.339 e. The van der Waals surface area contributed by atoms with E-state index in [0.717, 1.165) is 25.3 Å². The minimum absolute atomic E-state index is 0.0522. The van der Waals surface area contributed by atoms with Gasteiger partial charge in [0.15, 0.2) is 5.75 Å². The van der Waals surface area contributed by atoms with Crippen molar-refractivity contribution in [1.82, 2.24) is 0 Å². The lowest BCUT2D eigenvalue weighted by Crippen LogP contribution is -2.16. The second kappa shape index (κ2) is 7.60. The second-order valence-electron chi connectivity index (χ2n) is 5.02. The molecule has 0 radical (unpaired) electrons. The van der Waals surface area contributed by atoms with Crippen LogP contribution in [0.2, 0.25) is 0 Å². The Kier molecular flexibility index (Phi) is 5.51. The molecule has 1 N–H and O–H groups in total. The second-order valence-corrected chi connectivity index (χ2v) is 5.02. The predicted molar refractivity (Wildman–Crippen MR) is 87.1 cm³/mol. The van der Waals surface area contributed by atoms with E-state index >= 15 is 0 Å². The highest BCUT2D eigenvalue weighted by Gasteiger charge is 2.35. The first-order chi connectivity index (χ1) is 12.3. The first-order valence-corrected chi connectivity index (χ1v) is 7.37. The summed E-state index contributed by atoms with van der Waals surface area (Å²) in [6.07, 6.45) is 0. The number of carbonyl (C=O) groups excluding carboxylic acids is 2. The number of nitrogens with zero attached hydrogens (tertiary/aromatic N) is 1. The average Bonchev–Trinajstić information content (AvgIpc) is 2.60.